The minimum atomic E-state index is -0.257. The summed E-state index contributed by atoms with van der Waals surface area (Å²) in [7, 11) is 0. The van der Waals surface area contributed by atoms with Gasteiger partial charge in [-0.25, -0.2) is 4.79 Å². The number of carbonyl (C=O) groups is 2. The first-order valence-corrected chi connectivity index (χ1v) is 15.1. The number of nitrogens with two attached hydrogens (primary N) is 2. The fourth-order valence-electron chi connectivity index (χ4n) is 5.99. The Bertz CT molecular complexity index is 1110. The van der Waals surface area contributed by atoms with E-state index in [2.05, 4.69) is 11.9 Å². The van der Waals surface area contributed by atoms with Gasteiger partial charge in [-0.05, 0) is 91.7 Å². The summed E-state index contributed by atoms with van der Waals surface area (Å²) in [5.41, 5.74) is 13.4. The van der Waals surface area contributed by atoms with Gasteiger partial charge in [0.25, 0.3) is 0 Å². The predicted molar refractivity (Wildman–Crippen MR) is 159 cm³/mol. The van der Waals surface area contributed by atoms with Gasteiger partial charge in [-0.2, -0.15) is 0 Å². The van der Waals surface area contributed by atoms with Crippen LogP contribution in [-0.2, 0) is 9.53 Å². The summed E-state index contributed by atoms with van der Waals surface area (Å²) in [6.07, 6.45) is 12.2. The molecule has 216 valence electrons. The molecule has 0 aliphatic heterocycles. The summed E-state index contributed by atoms with van der Waals surface area (Å²) >= 11 is 0. The molecule has 0 bridgehead atoms. The average Bonchev–Trinajstić information content (AvgIpc) is 2.99. The normalized spacial score (nSPS) is 22.7. The second-order valence-electron chi connectivity index (χ2n) is 11.6. The van der Waals surface area contributed by atoms with Crippen LogP contribution in [0, 0.1) is 23.7 Å². The van der Waals surface area contributed by atoms with Crippen molar-refractivity contribution in [3.8, 4) is 16.9 Å². The maximum Gasteiger partial charge on any atom is 0.338 e. The highest BCUT2D eigenvalue weighted by Crippen LogP contribution is 2.33. The maximum absolute atomic E-state index is 12.7. The molecule has 7 heteroatoms. The summed E-state index contributed by atoms with van der Waals surface area (Å²) in [5.74, 6) is 1.88. The predicted octanol–water partition coefficient (Wildman–Crippen LogP) is 6.49. The lowest BCUT2D eigenvalue weighted by atomic mass is 9.80. The Balaban J connectivity index is 1.20. The number of carbonyl (C=O) groups excluding carboxylic acids is 2. The topological polar surface area (TPSA) is 117 Å². The molecule has 0 amide bonds. The summed E-state index contributed by atoms with van der Waals surface area (Å²) in [6.45, 7) is 3.38. The molecule has 0 atom stereocenters. The molecule has 4 N–H and O–H groups in total. The van der Waals surface area contributed by atoms with Crippen molar-refractivity contribution in [2.24, 2.45) is 40.1 Å². The second kappa shape index (κ2) is 14.9. The Kier molecular flexibility index (Phi) is 11.0. The molecular formula is C33H45N3O4. The first kappa shape index (κ1) is 29.6. The highest BCUT2D eigenvalue weighted by atomic mass is 16.5. The van der Waals surface area contributed by atoms with Crippen LogP contribution in [0.4, 0.5) is 0 Å². The van der Waals surface area contributed by atoms with Gasteiger partial charge in [-0.1, -0.05) is 63.3 Å². The molecule has 0 aromatic heterocycles. The minimum absolute atomic E-state index is 0.0942. The monoisotopic (exact) mass is 547 g/mol. The van der Waals surface area contributed by atoms with Crippen LogP contribution >= 0.6 is 0 Å². The molecule has 0 radical (unpaired) electrons. The van der Waals surface area contributed by atoms with Crippen LogP contribution in [-0.4, -0.2) is 31.0 Å². The van der Waals surface area contributed by atoms with Crippen molar-refractivity contribution in [3.05, 3.63) is 54.1 Å². The van der Waals surface area contributed by atoms with Crippen molar-refractivity contribution in [1.82, 2.24) is 0 Å². The van der Waals surface area contributed by atoms with Crippen LogP contribution in [0.1, 0.15) is 87.9 Å². The number of unbranched alkanes of at least 4 members (excludes halogenated alkanes) is 1. The van der Waals surface area contributed by atoms with Crippen molar-refractivity contribution in [1.29, 1.82) is 0 Å². The number of rotatable bonds is 11. The largest absolute Gasteiger partial charge is 0.462 e. The van der Waals surface area contributed by atoms with E-state index < -0.39 is 0 Å². The van der Waals surface area contributed by atoms with Crippen LogP contribution in [0.25, 0.3) is 11.1 Å². The van der Waals surface area contributed by atoms with Crippen molar-refractivity contribution in [3.63, 3.8) is 0 Å². The van der Waals surface area contributed by atoms with Gasteiger partial charge >= 0.3 is 11.9 Å². The van der Waals surface area contributed by atoms with Gasteiger partial charge in [-0.15, -0.1) is 0 Å². The summed E-state index contributed by atoms with van der Waals surface area (Å²) in [4.78, 5) is 29.4. The van der Waals surface area contributed by atoms with Gasteiger partial charge in [0.1, 0.15) is 5.75 Å². The number of benzene rings is 2. The Morgan fingerprint density at radius 2 is 1.38 bits per heavy atom. The quantitative estimate of drug-likeness (QED) is 0.144. The van der Waals surface area contributed by atoms with Gasteiger partial charge < -0.3 is 20.9 Å². The van der Waals surface area contributed by atoms with E-state index in [0.717, 1.165) is 55.6 Å². The molecule has 2 fully saturated rings. The molecule has 0 saturated heterocycles. The SMILES string of the molecule is CCCCC1CCC(COC(=O)c2ccc(-c3ccc(OC(=O)C4CCC(CN=C(N)N)CC4)cc3)cc2)CC1. The van der Waals surface area contributed by atoms with Crippen molar-refractivity contribution < 1.29 is 19.1 Å². The van der Waals surface area contributed by atoms with Crippen LogP contribution < -0.4 is 16.2 Å². The van der Waals surface area contributed by atoms with E-state index >= 15 is 0 Å². The van der Waals surface area contributed by atoms with E-state index in [9.17, 15) is 9.59 Å². The Labute approximate surface area is 238 Å². The zero-order chi connectivity index (χ0) is 28.3. The third kappa shape index (κ3) is 8.83. The van der Waals surface area contributed by atoms with E-state index in [4.69, 9.17) is 20.9 Å². The summed E-state index contributed by atoms with van der Waals surface area (Å²) in [5, 5.41) is 0. The van der Waals surface area contributed by atoms with Gasteiger partial charge in [0, 0.05) is 6.54 Å². The molecule has 0 heterocycles. The number of aliphatic imine (C=N–C) groups is 1. The average molecular weight is 548 g/mol. The lowest BCUT2D eigenvalue weighted by molar-refractivity contribution is -0.140. The first-order chi connectivity index (χ1) is 19.4. The molecule has 4 rings (SSSR count). The van der Waals surface area contributed by atoms with Crippen LogP contribution in [0.15, 0.2) is 53.5 Å². The number of ether oxygens (including phenoxy) is 2. The van der Waals surface area contributed by atoms with E-state index in [1.165, 1.54) is 32.1 Å². The van der Waals surface area contributed by atoms with E-state index in [-0.39, 0.29) is 23.8 Å². The van der Waals surface area contributed by atoms with Crippen LogP contribution in [0.2, 0.25) is 0 Å². The zero-order valence-electron chi connectivity index (χ0n) is 23.9. The van der Waals surface area contributed by atoms with E-state index in [1.807, 2.05) is 48.5 Å². The van der Waals surface area contributed by atoms with Gasteiger partial charge in [0.05, 0.1) is 18.1 Å². The molecule has 2 aliphatic rings. The van der Waals surface area contributed by atoms with E-state index in [1.54, 1.807) is 0 Å². The molecule has 0 spiro atoms. The summed E-state index contributed by atoms with van der Waals surface area (Å²) in [6, 6.07) is 15.0. The minimum Gasteiger partial charge on any atom is -0.462 e. The first-order valence-electron chi connectivity index (χ1n) is 15.1. The van der Waals surface area contributed by atoms with Gasteiger partial charge in [0.2, 0.25) is 0 Å². The van der Waals surface area contributed by atoms with E-state index in [0.29, 0.717) is 36.3 Å². The highest BCUT2D eigenvalue weighted by molar-refractivity contribution is 5.90. The number of esters is 2. The smallest absolute Gasteiger partial charge is 0.338 e. The molecule has 7 nitrogen and oxygen atoms in total. The number of hydrogen-bond donors (Lipinski definition) is 2. The van der Waals surface area contributed by atoms with Gasteiger partial charge in [-0.3, -0.25) is 9.79 Å². The number of nitrogens with zero attached hydrogens (tertiary/aromatic N) is 1. The van der Waals surface area contributed by atoms with Crippen LogP contribution in [0.3, 0.4) is 0 Å². The van der Waals surface area contributed by atoms with Crippen molar-refractivity contribution >= 4 is 17.9 Å². The standard InChI is InChI=1S/C33H45N3O4/c1-2-3-4-23-5-7-25(8-6-23)22-39-31(37)28-15-13-26(14-16-28)27-17-19-30(20-18-27)40-32(38)29-11-9-24(10-12-29)21-36-33(34)35/h13-20,23-25,29H,2-12,21-22H2,1H3,(H4,34,35,36). The highest BCUT2D eigenvalue weighted by Gasteiger charge is 2.28. The lowest BCUT2D eigenvalue weighted by Gasteiger charge is -2.28. The molecule has 40 heavy (non-hydrogen) atoms. The molecule has 2 aromatic rings. The van der Waals surface area contributed by atoms with Crippen molar-refractivity contribution in [2.45, 2.75) is 77.6 Å². The Hall–Kier alpha value is -3.35. The molecular weight excluding hydrogens is 502 g/mol. The van der Waals surface area contributed by atoms with Gasteiger partial charge in [0.15, 0.2) is 5.96 Å². The molecule has 2 aliphatic carbocycles. The third-order valence-corrected chi connectivity index (χ3v) is 8.62. The van der Waals surface area contributed by atoms with Crippen molar-refractivity contribution in [2.75, 3.05) is 13.2 Å². The lowest BCUT2D eigenvalue weighted by Crippen LogP contribution is -2.28. The Morgan fingerprint density at radius 3 is 1.98 bits per heavy atom. The summed E-state index contributed by atoms with van der Waals surface area (Å²) < 4.78 is 11.3. The molecule has 0 unspecified atom stereocenters. The molecule has 2 aromatic carbocycles. The maximum atomic E-state index is 12.7. The zero-order valence-corrected chi connectivity index (χ0v) is 23.9. The number of hydrogen-bond acceptors (Lipinski definition) is 5. The third-order valence-electron chi connectivity index (χ3n) is 8.62. The fraction of sp³-hybridized carbons (Fsp3) is 0.545. The fourth-order valence-corrected chi connectivity index (χ4v) is 5.99. The van der Waals surface area contributed by atoms with Crippen LogP contribution in [0.5, 0.6) is 5.75 Å². The second-order valence-corrected chi connectivity index (χ2v) is 11.6. The molecule has 2 saturated carbocycles. The number of guanidine groups is 1. The Morgan fingerprint density at radius 1 is 0.800 bits per heavy atom.